The van der Waals surface area contributed by atoms with Gasteiger partial charge in [-0.1, -0.05) is 55.8 Å². The number of anilines is 1. The molecule has 3 N–H and O–H groups in total. The lowest BCUT2D eigenvalue weighted by molar-refractivity contribution is -0.164. The quantitative estimate of drug-likeness (QED) is 0.0914. The molecule has 13 nitrogen and oxygen atoms in total. The maximum atomic E-state index is 14.9. The smallest absolute Gasteiger partial charge is 0.411 e. The van der Waals surface area contributed by atoms with Crippen molar-refractivity contribution in [2.24, 2.45) is 15.5 Å². The Labute approximate surface area is 300 Å². The summed E-state index contributed by atoms with van der Waals surface area (Å²) in [6.45, 7) is 8.30. The molecule has 0 bridgehead atoms. The topological polar surface area (TPSA) is 153 Å². The number of amidine groups is 1. The number of rotatable bonds is 11. The molecule has 2 amide bonds. The summed E-state index contributed by atoms with van der Waals surface area (Å²) in [6.07, 6.45) is -6.61. The number of amides is 2. The first-order valence-corrected chi connectivity index (χ1v) is 16.2. The van der Waals surface area contributed by atoms with Gasteiger partial charge in [0.1, 0.15) is 17.7 Å². The molecule has 2 atom stereocenters. The summed E-state index contributed by atoms with van der Waals surface area (Å²) in [7, 11) is 1.11. The van der Waals surface area contributed by atoms with E-state index in [0.717, 1.165) is 11.9 Å². The van der Waals surface area contributed by atoms with Crippen molar-refractivity contribution in [3.63, 3.8) is 0 Å². The van der Waals surface area contributed by atoms with Gasteiger partial charge in [0.2, 0.25) is 0 Å². The lowest BCUT2D eigenvalue weighted by atomic mass is 9.75. The van der Waals surface area contributed by atoms with E-state index in [9.17, 15) is 31.5 Å². The van der Waals surface area contributed by atoms with Gasteiger partial charge in [-0.2, -0.15) is 18.3 Å². The third-order valence-electron chi connectivity index (χ3n) is 8.68. The van der Waals surface area contributed by atoms with Gasteiger partial charge >= 0.3 is 12.3 Å². The number of carbonyl (C=O) groups is 2. The van der Waals surface area contributed by atoms with Crippen LogP contribution in [0.15, 0.2) is 65.0 Å². The fourth-order valence-corrected chi connectivity index (χ4v) is 6.34. The Hall–Kier alpha value is -5.13. The number of hydrogen-bond acceptors (Lipinski definition) is 8. The molecule has 19 heteroatoms. The molecule has 1 aromatic heterocycles. The van der Waals surface area contributed by atoms with Crippen LogP contribution in [0.1, 0.15) is 57.2 Å². The summed E-state index contributed by atoms with van der Waals surface area (Å²) in [5, 5.41) is 26.0. The summed E-state index contributed by atoms with van der Waals surface area (Å²) in [4.78, 5) is 32.3. The molecule has 1 aliphatic heterocycles. The molecule has 1 aliphatic carbocycles. The number of hydrogen-bond donors (Lipinski definition) is 3. The molecular weight excluding hydrogens is 715 g/mol. The Bertz CT molecular complexity index is 1860. The summed E-state index contributed by atoms with van der Waals surface area (Å²) in [6, 6.07) is 9.42. The first-order valence-electron chi connectivity index (χ1n) is 15.9. The van der Waals surface area contributed by atoms with Crippen molar-refractivity contribution in [3.8, 4) is 5.69 Å². The number of carbonyl (C=O) groups excluding carboxylic acids is 2. The number of hydrazone groups is 1. The molecule has 2 aromatic carbocycles. The second kappa shape index (κ2) is 14.1. The Morgan fingerprint density at radius 2 is 1.87 bits per heavy atom. The van der Waals surface area contributed by atoms with Crippen LogP contribution in [0, 0.1) is 10.8 Å². The molecule has 52 heavy (non-hydrogen) atoms. The largest absolute Gasteiger partial charge is 0.447 e. The number of guanidine groups is 1. The molecule has 278 valence electrons. The molecule has 0 unspecified atom stereocenters. The average molecular weight is 751 g/mol. The lowest BCUT2D eigenvalue weighted by Gasteiger charge is -2.35. The van der Waals surface area contributed by atoms with E-state index in [-0.39, 0.29) is 35.5 Å². The van der Waals surface area contributed by atoms with Crippen LogP contribution in [0.5, 0.6) is 0 Å². The number of alkyl carbamates (subject to hydrolysis) is 1. The zero-order chi connectivity index (χ0) is 38.2. The van der Waals surface area contributed by atoms with Crippen molar-refractivity contribution in [1.29, 1.82) is 5.41 Å². The number of halogens is 6. The number of ether oxygens (including phenoxy) is 1. The van der Waals surface area contributed by atoms with Crippen molar-refractivity contribution in [2.45, 2.75) is 69.8 Å². The molecule has 1 saturated heterocycles. The zero-order valence-electron chi connectivity index (χ0n) is 28.5. The minimum Gasteiger partial charge on any atom is -0.447 e. The molecule has 3 aromatic rings. The van der Waals surface area contributed by atoms with Crippen LogP contribution in [0.25, 0.3) is 5.69 Å². The van der Waals surface area contributed by atoms with E-state index in [1.165, 1.54) is 29.1 Å². The van der Waals surface area contributed by atoms with Crippen LogP contribution < -0.4 is 15.6 Å². The molecule has 0 radical (unpaired) electrons. The minimum absolute atomic E-state index is 0.0771. The van der Waals surface area contributed by atoms with E-state index in [4.69, 9.17) is 21.7 Å². The van der Waals surface area contributed by atoms with Crippen molar-refractivity contribution in [1.82, 2.24) is 30.5 Å². The first-order chi connectivity index (χ1) is 24.4. The van der Waals surface area contributed by atoms with Gasteiger partial charge in [-0.05, 0) is 60.1 Å². The van der Waals surface area contributed by atoms with Gasteiger partial charge in [-0.3, -0.25) is 20.1 Å². The van der Waals surface area contributed by atoms with Crippen molar-refractivity contribution in [2.75, 3.05) is 18.7 Å². The van der Waals surface area contributed by atoms with E-state index in [2.05, 4.69) is 32.4 Å². The molecule has 2 fully saturated rings. The van der Waals surface area contributed by atoms with E-state index < -0.39 is 65.5 Å². The number of aromatic nitrogens is 3. The van der Waals surface area contributed by atoms with Gasteiger partial charge in [-0.15, -0.1) is 5.10 Å². The fourth-order valence-electron chi connectivity index (χ4n) is 6.14. The number of aliphatic imine (C=N–C) groups is 1. The maximum Gasteiger partial charge on any atom is 0.411 e. The monoisotopic (exact) mass is 750 g/mol. The van der Waals surface area contributed by atoms with E-state index in [1.807, 2.05) is 26.1 Å². The number of alkyl halides is 5. The molecule has 5 rings (SSSR count). The zero-order valence-corrected chi connectivity index (χ0v) is 29.3. The predicted molar refractivity (Wildman–Crippen MR) is 183 cm³/mol. The van der Waals surface area contributed by atoms with Crippen molar-refractivity contribution in [3.05, 3.63) is 71.0 Å². The van der Waals surface area contributed by atoms with Gasteiger partial charge < -0.3 is 15.4 Å². The highest BCUT2D eigenvalue weighted by molar-refractivity contribution is 6.34. The Balaban J connectivity index is 1.58. The Morgan fingerprint density at radius 1 is 1.19 bits per heavy atom. The number of nitrogens with zero attached hydrogens (tertiary/aromatic N) is 7. The highest BCUT2D eigenvalue weighted by atomic mass is 35.5. The Morgan fingerprint density at radius 3 is 2.38 bits per heavy atom. The first kappa shape index (κ1) is 38.1. The SMILES string of the molecule is C=NN(/C(=N\C)C(F)F)c1cc([C@@H](COC(=O)NC2(C(F)(F)F)CC2)N2C(=N)N[C@](CC(C)(C)C)(c3ccc(-n4ccnn4)cc3)C2=O)ccc1Cl. The maximum absolute atomic E-state index is 14.9. The molecule has 1 saturated carbocycles. The number of nitrogens with one attached hydrogen (secondary N) is 3. The van der Waals surface area contributed by atoms with Gasteiger partial charge in [0, 0.05) is 13.8 Å². The summed E-state index contributed by atoms with van der Waals surface area (Å²) in [5.41, 5.74) is -3.42. The third kappa shape index (κ3) is 7.42. The molecule has 0 spiro atoms. The summed E-state index contributed by atoms with van der Waals surface area (Å²) < 4.78 is 75.6. The van der Waals surface area contributed by atoms with Gasteiger partial charge in [-0.25, -0.2) is 23.3 Å². The van der Waals surface area contributed by atoms with Crippen LogP contribution in [-0.2, 0) is 15.1 Å². The van der Waals surface area contributed by atoms with E-state index in [0.29, 0.717) is 16.3 Å². The van der Waals surface area contributed by atoms with E-state index in [1.54, 1.807) is 30.5 Å². The van der Waals surface area contributed by atoms with Gasteiger partial charge in [0.05, 0.1) is 34.8 Å². The minimum atomic E-state index is -4.73. The predicted octanol–water partition coefficient (Wildman–Crippen LogP) is 6.20. The van der Waals surface area contributed by atoms with Gasteiger partial charge in [0.25, 0.3) is 12.3 Å². The van der Waals surface area contributed by atoms with Crippen molar-refractivity contribution >= 4 is 47.8 Å². The highest BCUT2D eigenvalue weighted by Crippen LogP contribution is 2.49. The average Bonchev–Trinajstić information content (AvgIpc) is 3.57. The second-order valence-electron chi connectivity index (χ2n) is 13.6. The summed E-state index contributed by atoms with van der Waals surface area (Å²) in [5.74, 6) is -1.88. The highest BCUT2D eigenvalue weighted by Gasteiger charge is 2.64. The van der Waals surface area contributed by atoms with Crippen LogP contribution in [0.2, 0.25) is 5.02 Å². The standard InChI is InChI=1S/C33H36ClF5N10O3/c1-30(2,3)18-32(20-7-9-21(10-8-20)47-15-14-43-46-47)27(50)48(28(40)44-32)24(17-52-29(51)45-31(12-13-31)33(37,38)39)19-6-11-22(34)23(16-19)49(42-5)26(41-4)25(35)36/h6-11,14-16,24-25H,5,12-13,17-18H2,1-4H3,(H2,40,44)(H,45,51)/b41-26-/t24-,32-/m1/s1. The van der Waals surface area contributed by atoms with E-state index >= 15 is 0 Å². The molecule has 2 aliphatic rings. The molecule has 2 heterocycles. The van der Waals surface area contributed by atoms with Crippen molar-refractivity contribution < 1.29 is 36.3 Å². The summed E-state index contributed by atoms with van der Waals surface area (Å²) >= 11 is 6.42. The fraction of sp³-hybridized carbons (Fsp3) is 0.424. The van der Waals surface area contributed by atoms with Crippen LogP contribution in [-0.4, -0.2) is 82.2 Å². The number of benzene rings is 2. The second-order valence-corrected chi connectivity index (χ2v) is 14.0. The van der Waals surface area contributed by atoms with Crippen LogP contribution in [0.3, 0.4) is 0 Å². The third-order valence-corrected chi connectivity index (χ3v) is 9.00. The normalized spacial score (nSPS) is 19.4. The lowest BCUT2D eigenvalue weighted by Crippen LogP contribution is -2.49. The van der Waals surface area contributed by atoms with Crippen LogP contribution in [0.4, 0.5) is 32.4 Å². The molecular formula is C33H36ClF5N10O3. The Kier molecular flexibility index (Phi) is 10.3. The van der Waals surface area contributed by atoms with Gasteiger partial charge in [0.15, 0.2) is 11.8 Å². The van der Waals surface area contributed by atoms with Crippen LogP contribution >= 0.6 is 11.6 Å².